The number of thioether (sulfide) groups is 2. The third-order valence-electron chi connectivity index (χ3n) is 4.53. The smallest absolute Gasteiger partial charge is 0.258 e. The van der Waals surface area contributed by atoms with E-state index in [1.54, 1.807) is 0 Å². The molecule has 0 saturated carbocycles. The van der Waals surface area contributed by atoms with Gasteiger partial charge in [0.25, 0.3) is 22.7 Å². The lowest BCUT2D eigenvalue weighted by molar-refractivity contribution is -0.395. The molecule has 0 saturated heterocycles. The Kier molecular flexibility index (Phi) is 5.88. The molecule has 1 heterocycles. The van der Waals surface area contributed by atoms with E-state index < -0.39 is 42.4 Å². The van der Waals surface area contributed by atoms with Gasteiger partial charge in [-0.15, -0.1) is 0 Å². The van der Waals surface area contributed by atoms with Crippen molar-refractivity contribution in [3.63, 3.8) is 0 Å². The molecule has 0 aromatic heterocycles. The van der Waals surface area contributed by atoms with Crippen molar-refractivity contribution >= 4 is 97.0 Å². The maximum absolute atomic E-state index is 11.8. The second-order valence-electron chi connectivity index (χ2n) is 6.22. The molecule has 162 valence electrons. The summed E-state index contributed by atoms with van der Waals surface area (Å²) in [5.41, 5.74) is -2.49. The van der Waals surface area contributed by atoms with Crippen LogP contribution in [0.4, 0.5) is 22.7 Å². The molecule has 1 aliphatic carbocycles. The molecule has 32 heavy (non-hydrogen) atoms. The summed E-state index contributed by atoms with van der Waals surface area (Å²) in [5, 5.41) is 46.5. The first-order chi connectivity index (χ1) is 15.0. The molecular formula is C16H4I2N4O8S2. The molecule has 0 N–H and O–H groups in total. The van der Waals surface area contributed by atoms with Crippen LogP contribution >= 0.6 is 68.7 Å². The summed E-state index contributed by atoms with van der Waals surface area (Å²) in [6.07, 6.45) is 0. The van der Waals surface area contributed by atoms with Crippen molar-refractivity contribution < 1.29 is 19.7 Å². The van der Waals surface area contributed by atoms with Crippen LogP contribution in [0.15, 0.2) is 34.3 Å². The zero-order valence-electron chi connectivity index (χ0n) is 14.9. The van der Waals surface area contributed by atoms with E-state index in [-0.39, 0.29) is 27.8 Å². The highest BCUT2D eigenvalue weighted by molar-refractivity contribution is 14.1. The van der Waals surface area contributed by atoms with Crippen LogP contribution in [0, 0.1) is 40.5 Å². The first-order valence-electron chi connectivity index (χ1n) is 8.11. The summed E-state index contributed by atoms with van der Waals surface area (Å²) in [7, 11) is 0. The Bertz CT molecular complexity index is 1270. The Morgan fingerprint density at radius 2 is 1.00 bits per heavy atom. The number of benzene rings is 2. The molecule has 2 aliphatic rings. The maximum Gasteiger partial charge on any atom is 0.284 e. The highest BCUT2D eigenvalue weighted by Gasteiger charge is 2.42. The number of non-ortho nitro benzene ring substituents is 2. The fourth-order valence-corrected chi connectivity index (χ4v) is 8.30. The van der Waals surface area contributed by atoms with Crippen LogP contribution in [0.3, 0.4) is 0 Å². The van der Waals surface area contributed by atoms with Crippen molar-refractivity contribution in [3.05, 3.63) is 85.9 Å². The number of nitrogens with zero attached hydrogens (tertiary/aromatic N) is 4. The van der Waals surface area contributed by atoms with Gasteiger partial charge in [-0.3, -0.25) is 40.5 Å². The first-order valence-corrected chi connectivity index (χ1v) is 11.9. The normalized spacial score (nSPS) is 14.4. The molecule has 2 aromatic rings. The molecule has 0 amide bonds. The van der Waals surface area contributed by atoms with Crippen molar-refractivity contribution in [3.8, 4) is 11.1 Å². The van der Waals surface area contributed by atoms with Crippen molar-refractivity contribution in [1.82, 2.24) is 0 Å². The molecule has 0 bridgehead atoms. The third kappa shape index (κ3) is 3.63. The van der Waals surface area contributed by atoms with E-state index in [9.17, 15) is 40.5 Å². The molecule has 0 atom stereocenters. The summed E-state index contributed by atoms with van der Waals surface area (Å²) in [6.45, 7) is 0. The first kappa shape index (κ1) is 22.9. The molecule has 4 rings (SSSR count). The minimum Gasteiger partial charge on any atom is -0.258 e. The summed E-state index contributed by atoms with van der Waals surface area (Å²) >= 11 is 6.70. The predicted molar refractivity (Wildman–Crippen MR) is 135 cm³/mol. The van der Waals surface area contributed by atoms with Crippen molar-refractivity contribution in [2.75, 3.05) is 0 Å². The van der Waals surface area contributed by atoms with E-state index in [1.165, 1.54) is 23.5 Å². The fraction of sp³-hybridized carbons (Fsp3) is 0. The number of fused-ring (bicyclic) bond motifs is 3. The van der Waals surface area contributed by atoms with Crippen molar-refractivity contribution in [2.24, 2.45) is 0 Å². The lowest BCUT2D eigenvalue weighted by Crippen LogP contribution is -1.99. The lowest BCUT2D eigenvalue weighted by atomic mass is 10.0. The summed E-state index contributed by atoms with van der Waals surface area (Å²) in [4.78, 5) is 43.2. The molecule has 16 heteroatoms. The number of hydrogen-bond donors (Lipinski definition) is 0. The highest BCUT2D eigenvalue weighted by Crippen LogP contribution is 2.62. The monoisotopic (exact) mass is 698 g/mol. The van der Waals surface area contributed by atoms with Gasteiger partial charge in [0.15, 0.2) is 0 Å². The van der Waals surface area contributed by atoms with E-state index in [2.05, 4.69) is 45.2 Å². The molecule has 1 aliphatic heterocycles. The van der Waals surface area contributed by atoms with Gasteiger partial charge < -0.3 is 0 Å². The molecule has 0 spiro atoms. The van der Waals surface area contributed by atoms with Crippen LogP contribution in [-0.4, -0.2) is 19.7 Å². The quantitative estimate of drug-likeness (QED) is 0.166. The van der Waals surface area contributed by atoms with Gasteiger partial charge in [0.1, 0.15) is 0 Å². The van der Waals surface area contributed by atoms with Gasteiger partial charge in [0.2, 0.25) is 0 Å². The molecule has 0 fully saturated rings. The lowest BCUT2D eigenvalue weighted by Gasteiger charge is -2.07. The number of hydrogen-bond acceptors (Lipinski definition) is 10. The summed E-state index contributed by atoms with van der Waals surface area (Å²) in [5.74, 6) is 0. The van der Waals surface area contributed by atoms with Crippen LogP contribution < -0.4 is 0 Å². The fourth-order valence-electron chi connectivity index (χ4n) is 3.37. The average Bonchev–Trinajstić information content (AvgIpc) is 3.22. The van der Waals surface area contributed by atoms with Gasteiger partial charge in [-0.05, 0) is 45.2 Å². The second kappa shape index (κ2) is 8.23. The molecule has 2 aromatic carbocycles. The van der Waals surface area contributed by atoms with Gasteiger partial charge in [-0.2, -0.15) is 0 Å². The van der Waals surface area contributed by atoms with Gasteiger partial charge in [-0.25, -0.2) is 0 Å². The molecule has 12 nitrogen and oxygen atoms in total. The Morgan fingerprint density at radius 3 is 1.31 bits per heavy atom. The Labute approximate surface area is 212 Å². The second-order valence-corrected chi connectivity index (χ2v) is 12.1. The van der Waals surface area contributed by atoms with Crippen LogP contribution in [0.2, 0.25) is 0 Å². The average molecular weight is 698 g/mol. The zero-order valence-corrected chi connectivity index (χ0v) is 20.9. The van der Waals surface area contributed by atoms with Crippen LogP contribution in [0.5, 0.6) is 0 Å². The van der Waals surface area contributed by atoms with Crippen molar-refractivity contribution in [1.29, 1.82) is 0 Å². The van der Waals surface area contributed by atoms with E-state index in [4.69, 9.17) is 0 Å². The standard InChI is InChI=1S/C16H4I2N4O8S2/c17-14-15(18)32-16(31-14)11-7-1-5(19(23)24)3-9(21(27)28)12(7)13-8(11)2-6(20(25)26)4-10(13)22(29)30/h1-4H. The summed E-state index contributed by atoms with van der Waals surface area (Å²) < 4.78 is 2.29. The van der Waals surface area contributed by atoms with E-state index in [0.717, 1.165) is 30.1 Å². The number of nitro benzene ring substituents is 4. The third-order valence-corrected chi connectivity index (χ3v) is 10.9. The van der Waals surface area contributed by atoms with Crippen LogP contribution in [-0.2, 0) is 0 Å². The highest BCUT2D eigenvalue weighted by atomic mass is 127. The summed E-state index contributed by atoms with van der Waals surface area (Å²) in [6, 6.07) is 3.70. The number of nitro groups is 4. The van der Waals surface area contributed by atoms with E-state index in [1.807, 2.05) is 0 Å². The van der Waals surface area contributed by atoms with E-state index >= 15 is 0 Å². The maximum atomic E-state index is 11.8. The Morgan fingerprint density at radius 1 is 0.625 bits per heavy atom. The largest absolute Gasteiger partial charge is 0.284 e. The molecular weight excluding hydrogens is 694 g/mol. The van der Waals surface area contributed by atoms with Crippen LogP contribution in [0.25, 0.3) is 16.7 Å². The topological polar surface area (TPSA) is 173 Å². The number of rotatable bonds is 4. The Hall–Kier alpha value is -2.32. The van der Waals surface area contributed by atoms with Crippen LogP contribution in [0.1, 0.15) is 11.1 Å². The van der Waals surface area contributed by atoms with Crippen molar-refractivity contribution in [2.45, 2.75) is 0 Å². The van der Waals surface area contributed by atoms with E-state index in [0.29, 0.717) is 4.24 Å². The van der Waals surface area contributed by atoms with Gasteiger partial charge in [-0.1, -0.05) is 23.5 Å². The SMILES string of the molecule is O=[N+]([O-])c1cc2c(c([N+](=O)[O-])c1)-c1c(cc([N+](=O)[O-])cc1[N+](=O)[O-])C2=C1SC(I)=C(I)S1. The minimum atomic E-state index is -0.852. The van der Waals surface area contributed by atoms with Gasteiger partial charge in [0, 0.05) is 28.8 Å². The van der Waals surface area contributed by atoms with Gasteiger partial charge >= 0.3 is 0 Å². The minimum absolute atomic E-state index is 0.0507. The molecule has 0 unspecified atom stereocenters. The number of halogens is 2. The zero-order chi connectivity index (χ0) is 23.5. The Balaban J connectivity index is 2.21. The predicted octanol–water partition coefficient (Wildman–Crippen LogP) is 6.49. The molecule has 0 radical (unpaired) electrons. The van der Waals surface area contributed by atoms with Gasteiger partial charge in [0.05, 0.1) is 53.0 Å².